The van der Waals surface area contributed by atoms with Crippen LogP contribution in [0.5, 0.6) is 11.5 Å². The minimum Gasteiger partial charge on any atom is -0.493 e. The fraction of sp³-hybridized carbons (Fsp3) is 0.290. The van der Waals surface area contributed by atoms with Gasteiger partial charge in [-0.3, -0.25) is 9.59 Å². The lowest BCUT2D eigenvalue weighted by atomic mass is 9.88. The number of nitrogens with zero attached hydrogens (tertiary/aromatic N) is 3. The number of anilines is 1. The van der Waals surface area contributed by atoms with E-state index in [1.165, 1.54) is 18.2 Å². The number of hydrogen-bond acceptors (Lipinski definition) is 6. The Balaban J connectivity index is 1.45. The summed E-state index contributed by atoms with van der Waals surface area (Å²) in [5.41, 5.74) is 2.87. The number of ether oxygens (including phenoxy) is 2. The van der Waals surface area contributed by atoms with Gasteiger partial charge in [0.15, 0.2) is 18.1 Å². The topological polar surface area (TPSA) is 94.8 Å². The van der Waals surface area contributed by atoms with Crippen LogP contribution in [0, 0.1) is 6.92 Å². The van der Waals surface area contributed by atoms with Crippen LogP contribution in [0.1, 0.15) is 55.0 Å². The fourth-order valence-electron chi connectivity index (χ4n) is 4.98. The van der Waals surface area contributed by atoms with E-state index in [1.807, 2.05) is 43.3 Å². The van der Waals surface area contributed by atoms with Crippen molar-refractivity contribution in [2.45, 2.75) is 44.9 Å². The maximum Gasteiger partial charge on any atom is 0.282 e. The maximum absolute atomic E-state index is 13.7. The normalized spacial score (nSPS) is 13.9. The van der Waals surface area contributed by atoms with Gasteiger partial charge in [0.05, 0.1) is 28.7 Å². The Morgan fingerprint density at radius 2 is 1.81 bits per heavy atom. The number of nitrogens with one attached hydrogen (secondary N) is 1. The first-order valence-corrected chi connectivity index (χ1v) is 15.9. The van der Waals surface area contributed by atoms with Gasteiger partial charge in [0.2, 0.25) is 0 Å². The standard InChI is InChI=1S/C31H29Br3N4O4/c1-18-8-11-22(12-9-18)36-26(39)17-42-29-25(41-2)14-20(27(33)28(29)34)16-35-38-30(19-6-4-3-5-7-19)37-24-13-10-21(32)15-23(24)31(38)40/h8-16,19H,3-7,17H2,1-2H3,(H,36,39). The van der Waals surface area contributed by atoms with Crippen LogP contribution in [0.2, 0.25) is 0 Å². The highest BCUT2D eigenvalue weighted by atomic mass is 79.9. The molecule has 3 aromatic carbocycles. The number of benzene rings is 3. The Kier molecular flexibility index (Phi) is 9.80. The molecule has 8 nitrogen and oxygen atoms in total. The van der Waals surface area contributed by atoms with Gasteiger partial charge in [-0.1, -0.05) is 52.9 Å². The molecule has 1 fully saturated rings. The van der Waals surface area contributed by atoms with E-state index in [1.54, 1.807) is 18.3 Å². The Morgan fingerprint density at radius 3 is 2.52 bits per heavy atom. The van der Waals surface area contributed by atoms with Crippen LogP contribution < -0.4 is 20.3 Å². The van der Waals surface area contributed by atoms with E-state index in [0.717, 1.165) is 35.7 Å². The van der Waals surface area contributed by atoms with E-state index in [0.29, 0.717) is 48.4 Å². The third-order valence-corrected chi connectivity index (χ3v) is 9.81. The molecule has 0 bridgehead atoms. The van der Waals surface area contributed by atoms with Crippen molar-refractivity contribution < 1.29 is 14.3 Å². The number of halogens is 3. The average Bonchev–Trinajstić information content (AvgIpc) is 2.99. The Morgan fingerprint density at radius 1 is 1.07 bits per heavy atom. The van der Waals surface area contributed by atoms with Gasteiger partial charge in [0, 0.05) is 26.1 Å². The largest absolute Gasteiger partial charge is 0.493 e. The first kappa shape index (κ1) is 30.4. The number of aryl methyl sites for hydroxylation is 1. The molecular weight excluding hydrogens is 732 g/mol. The first-order valence-electron chi connectivity index (χ1n) is 13.6. The third kappa shape index (κ3) is 6.79. The zero-order valence-corrected chi connectivity index (χ0v) is 27.9. The van der Waals surface area contributed by atoms with Gasteiger partial charge in [0.25, 0.3) is 11.5 Å². The lowest BCUT2D eigenvalue weighted by Crippen LogP contribution is -2.25. The summed E-state index contributed by atoms with van der Waals surface area (Å²) in [6.07, 6.45) is 6.93. The van der Waals surface area contributed by atoms with E-state index < -0.39 is 0 Å². The Labute approximate surface area is 268 Å². The number of carbonyl (C=O) groups excluding carboxylic acids is 1. The van der Waals surface area contributed by atoms with Crippen LogP contribution in [0.25, 0.3) is 10.9 Å². The van der Waals surface area contributed by atoms with Crippen molar-refractivity contribution in [2.75, 3.05) is 19.0 Å². The molecule has 0 aliphatic heterocycles. The second kappa shape index (κ2) is 13.5. The van der Waals surface area contributed by atoms with Crippen LogP contribution in [0.15, 0.2) is 71.8 Å². The average molecular weight is 761 g/mol. The molecule has 11 heteroatoms. The predicted molar refractivity (Wildman–Crippen MR) is 176 cm³/mol. The number of amides is 1. The van der Waals surface area contributed by atoms with Gasteiger partial charge in [-0.25, -0.2) is 4.98 Å². The summed E-state index contributed by atoms with van der Waals surface area (Å²) in [6.45, 7) is 1.76. The number of fused-ring (bicyclic) bond motifs is 1. The van der Waals surface area contributed by atoms with Gasteiger partial charge in [-0.2, -0.15) is 9.78 Å². The predicted octanol–water partition coefficient (Wildman–Crippen LogP) is 7.95. The zero-order chi connectivity index (χ0) is 29.8. The van der Waals surface area contributed by atoms with E-state index in [9.17, 15) is 9.59 Å². The summed E-state index contributed by atoms with van der Waals surface area (Å²) in [6, 6.07) is 14.8. The minimum absolute atomic E-state index is 0.156. The van der Waals surface area contributed by atoms with Crippen molar-refractivity contribution in [2.24, 2.45) is 5.10 Å². The lowest BCUT2D eigenvalue weighted by Gasteiger charge is -2.22. The summed E-state index contributed by atoms with van der Waals surface area (Å²) in [4.78, 5) is 31.1. The molecule has 0 spiro atoms. The molecule has 1 aromatic heterocycles. The first-order chi connectivity index (χ1) is 20.2. The van der Waals surface area contributed by atoms with Gasteiger partial charge >= 0.3 is 0 Å². The summed E-state index contributed by atoms with van der Waals surface area (Å²) in [5, 5.41) is 7.97. The molecule has 0 saturated heterocycles. The molecule has 1 aliphatic carbocycles. The molecular formula is C31H29Br3N4O4. The minimum atomic E-state index is -0.306. The summed E-state index contributed by atoms with van der Waals surface area (Å²) in [7, 11) is 1.52. The van der Waals surface area contributed by atoms with Crippen LogP contribution in [0.4, 0.5) is 5.69 Å². The van der Waals surface area contributed by atoms with E-state index in [4.69, 9.17) is 14.5 Å². The van der Waals surface area contributed by atoms with Gasteiger partial charge in [0.1, 0.15) is 5.82 Å². The van der Waals surface area contributed by atoms with Crippen LogP contribution in [-0.2, 0) is 4.79 Å². The van der Waals surface area contributed by atoms with Crippen molar-refractivity contribution in [1.82, 2.24) is 9.66 Å². The Hall–Kier alpha value is -3.02. The number of carbonyl (C=O) groups is 1. The van der Waals surface area contributed by atoms with Gasteiger partial charge in [-0.05, 0) is 88.0 Å². The molecule has 42 heavy (non-hydrogen) atoms. The van der Waals surface area contributed by atoms with Crippen molar-refractivity contribution in [3.8, 4) is 11.5 Å². The molecule has 0 unspecified atom stereocenters. The quantitative estimate of drug-likeness (QED) is 0.184. The van der Waals surface area contributed by atoms with Crippen molar-refractivity contribution in [3.05, 3.63) is 89.3 Å². The number of aromatic nitrogens is 2. The number of methoxy groups -OCH3 is 1. The molecule has 1 saturated carbocycles. The summed E-state index contributed by atoms with van der Waals surface area (Å²) >= 11 is 10.7. The SMILES string of the molecule is COc1cc(C=Nn2c(C3CCCCC3)nc3ccc(Br)cc3c2=O)c(Br)c(Br)c1OCC(=O)Nc1ccc(C)cc1. The van der Waals surface area contributed by atoms with Crippen molar-refractivity contribution in [3.63, 3.8) is 0 Å². The molecule has 5 rings (SSSR count). The molecule has 218 valence electrons. The van der Waals surface area contributed by atoms with Crippen molar-refractivity contribution >= 4 is 76.5 Å². The fourth-order valence-corrected chi connectivity index (χ4v) is 6.28. The van der Waals surface area contributed by atoms with E-state index in [-0.39, 0.29) is 24.0 Å². The Bertz CT molecular complexity index is 1710. The number of rotatable bonds is 8. The summed E-state index contributed by atoms with van der Waals surface area (Å²) in [5.74, 6) is 1.28. The van der Waals surface area contributed by atoms with Crippen LogP contribution >= 0.6 is 47.8 Å². The van der Waals surface area contributed by atoms with Crippen LogP contribution in [0.3, 0.4) is 0 Å². The molecule has 1 heterocycles. The second-order valence-electron chi connectivity index (χ2n) is 10.2. The van der Waals surface area contributed by atoms with E-state index in [2.05, 4.69) is 58.2 Å². The van der Waals surface area contributed by atoms with Gasteiger partial charge in [-0.15, -0.1) is 0 Å². The third-order valence-electron chi connectivity index (χ3n) is 7.17. The molecule has 0 atom stereocenters. The maximum atomic E-state index is 13.7. The van der Waals surface area contributed by atoms with Crippen LogP contribution in [-0.4, -0.2) is 35.5 Å². The molecule has 1 N–H and O–H groups in total. The summed E-state index contributed by atoms with van der Waals surface area (Å²) < 4.78 is 14.9. The molecule has 1 aliphatic rings. The van der Waals surface area contributed by atoms with Gasteiger partial charge < -0.3 is 14.8 Å². The number of hydrogen-bond donors (Lipinski definition) is 1. The highest BCUT2D eigenvalue weighted by Gasteiger charge is 2.23. The lowest BCUT2D eigenvalue weighted by molar-refractivity contribution is -0.118. The van der Waals surface area contributed by atoms with E-state index >= 15 is 0 Å². The zero-order valence-electron chi connectivity index (χ0n) is 23.1. The molecule has 4 aromatic rings. The smallest absolute Gasteiger partial charge is 0.282 e. The molecule has 1 amide bonds. The molecule has 0 radical (unpaired) electrons. The second-order valence-corrected chi connectivity index (χ2v) is 12.7. The van der Waals surface area contributed by atoms with Crippen molar-refractivity contribution in [1.29, 1.82) is 0 Å². The highest BCUT2D eigenvalue weighted by Crippen LogP contribution is 2.42. The highest BCUT2D eigenvalue weighted by molar-refractivity contribution is 9.13. The monoisotopic (exact) mass is 758 g/mol.